The van der Waals surface area contributed by atoms with E-state index in [0.29, 0.717) is 18.5 Å². The van der Waals surface area contributed by atoms with Gasteiger partial charge in [-0.3, -0.25) is 4.79 Å². The van der Waals surface area contributed by atoms with Crippen molar-refractivity contribution in [3.63, 3.8) is 0 Å². The summed E-state index contributed by atoms with van der Waals surface area (Å²) in [4.78, 5) is 21.0. The molecule has 3 rings (SSSR count). The lowest BCUT2D eigenvalue weighted by Crippen LogP contribution is -2.39. The quantitative estimate of drug-likeness (QED) is 0.824. The molecule has 0 spiro atoms. The lowest BCUT2D eigenvalue weighted by atomic mass is 9.86. The molecule has 144 valence electrons. The standard InChI is InChI=1S/C21H33N3O2/c1-15-14-16(2)23-21(22-15)26-19-11-9-18(10-12-19)24-20(25)13-8-17-6-4-3-5-7-17/h14,17-19H,3-13H2,1-2H3,(H,24,25). The average Bonchev–Trinajstić information content (AvgIpc) is 2.62. The van der Waals surface area contributed by atoms with Gasteiger partial charge in [-0.15, -0.1) is 0 Å². The van der Waals surface area contributed by atoms with Crippen molar-refractivity contribution in [2.24, 2.45) is 5.92 Å². The van der Waals surface area contributed by atoms with Crippen molar-refractivity contribution in [1.29, 1.82) is 0 Å². The van der Waals surface area contributed by atoms with Gasteiger partial charge in [0.25, 0.3) is 0 Å². The fourth-order valence-corrected chi connectivity index (χ4v) is 4.33. The Labute approximate surface area is 157 Å². The van der Waals surface area contributed by atoms with Crippen molar-refractivity contribution in [2.45, 2.75) is 96.6 Å². The van der Waals surface area contributed by atoms with Crippen LogP contribution in [0.5, 0.6) is 6.01 Å². The summed E-state index contributed by atoms with van der Waals surface area (Å²) in [5, 5.41) is 3.24. The number of carbonyl (C=O) groups is 1. The third kappa shape index (κ3) is 5.96. The molecule has 0 atom stereocenters. The van der Waals surface area contributed by atoms with Crippen LogP contribution in [0.3, 0.4) is 0 Å². The van der Waals surface area contributed by atoms with Crippen LogP contribution in [0.4, 0.5) is 0 Å². The first-order valence-electron chi connectivity index (χ1n) is 10.4. The van der Waals surface area contributed by atoms with Gasteiger partial charge in [-0.05, 0) is 57.9 Å². The molecule has 5 nitrogen and oxygen atoms in total. The number of nitrogens with one attached hydrogen (secondary N) is 1. The van der Waals surface area contributed by atoms with Crippen LogP contribution >= 0.6 is 0 Å². The van der Waals surface area contributed by atoms with Crippen molar-refractivity contribution < 1.29 is 9.53 Å². The molecule has 0 radical (unpaired) electrons. The van der Waals surface area contributed by atoms with Gasteiger partial charge in [0.05, 0.1) is 0 Å². The minimum atomic E-state index is 0.159. The number of amides is 1. The maximum atomic E-state index is 12.2. The van der Waals surface area contributed by atoms with E-state index in [9.17, 15) is 4.79 Å². The average molecular weight is 360 g/mol. The number of hydrogen-bond acceptors (Lipinski definition) is 4. The van der Waals surface area contributed by atoms with Crippen LogP contribution < -0.4 is 10.1 Å². The third-order valence-corrected chi connectivity index (χ3v) is 5.78. The maximum Gasteiger partial charge on any atom is 0.317 e. The van der Waals surface area contributed by atoms with Gasteiger partial charge in [0.1, 0.15) is 6.10 Å². The van der Waals surface area contributed by atoms with Crippen LogP contribution in [0.1, 0.15) is 82.0 Å². The molecule has 2 fully saturated rings. The minimum absolute atomic E-state index is 0.159. The third-order valence-electron chi connectivity index (χ3n) is 5.78. The van der Waals surface area contributed by atoms with E-state index < -0.39 is 0 Å². The molecule has 2 aliphatic carbocycles. The SMILES string of the molecule is Cc1cc(C)nc(OC2CCC(NC(=O)CCC3CCCCC3)CC2)n1. The van der Waals surface area contributed by atoms with E-state index in [4.69, 9.17) is 4.74 Å². The number of hydrogen-bond donors (Lipinski definition) is 1. The Kier molecular flexibility index (Phi) is 6.86. The fourth-order valence-electron chi connectivity index (χ4n) is 4.33. The first kappa shape index (κ1) is 19.1. The highest BCUT2D eigenvalue weighted by atomic mass is 16.5. The summed E-state index contributed by atoms with van der Waals surface area (Å²) in [6.07, 6.45) is 12.5. The van der Waals surface area contributed by atoms with Gasteiger partial charge in [0, 0.05) is 23.9 Å². The summed E-state index contributed by atoms with van der Waals surface area (Å²) >= 11 is 0. The van der Waals surface area contributed by atoms with Gasteiger partial charge < -0.3 is 10.1 Å². The first-order valence-corrected chi connectivity index (χ1v) is 10.4. The molecule has 1 aromatic rings. The minimum Gasteiger partial charge on any atom is -0.460 e. The number of nitrogens with zero attached hydrogens (tertiary/aromatic N) is 2. The van der Waals surface area contributed by atoms with Gasteiger partial charge in [-0.25, -0.2) is 9.97 Å². The molecule has 0 aromatic carbocycles. The number of rotatable bonds is 6. The highest BCUT2D eigenvalue weighted by Crippen LogP contribution is 2.27. The lowest BCUT2D eigenvalue weighted by Gasteiger charge is -2.29. The van der Waals surface area contributed by atoms with Crippen LogP contribution in [0.15, 0.2) is 6.07 Å². The molecule has 1 aromatic heterocycles. The van der Waals surface area contributed by atoms with E-state index in [1.165, 1.54) is 32.1 Å². The number of aromatic nitrogens is 2. The van der Waals surface area contributed by atoms with Crippen LogP contribution in [0.2, 0.25) is 0 Å². The van der Waals surface area contributed by atoms with Crippen LogP contribution in [0.25, 0.3) is 0 Å². The Morgan fingerprint density at radius 2 is 1.69 bits per heavy atom. The van der Waals surface area contributed by atoms with Gasteiger partial charge >= 0.3 is 6.01 Å². The van der Waals surface area contributed by atoms with E-state index >= 15 is 0 Å². The second-order valence-electron chi connectivity index (χ2n) is 8.13. The fraction of sp³-hybridized carbons (Fsp3) is 0.762. The Hall–Kier alpha value is -1.65. The second kappa shape index (κ2) is 9.33. The van der Waals surface area contributed by atoms with Gasteiger partial charge in [-0.1, -0.05) is 32.1 Å². The van der Waals surface area contributed by atoms with E-state index in [1.54, 1.807) is 0 Å². The summed E-state index contributed by atoms with van der Waals surface area (Å²) in [6.45, 7) is 3.92. The van der Waals surface area contributed by atoms with Crippen molar-refractivity contribution in [3.8, 4) is 6.01 Å². The van der Waals surface area contributed by atoms with Crippen LogP contribution in [0, 0.1) is 19.8 Å². The number of carbonyl (C=O) groups excluding carboxylic acids is 1. The Bertz CT molecular complexity index is 571. The smallest absolute Gasteiger partial charge is 0.317 e. The van der Waals surface area contributed by atoms with E-state index in [0.717, 1.165) is 49.4 Å². The zero-order chi connectivity index (χ0) is 18.4. The molecule has 1 amide bonds. The summed E-state index contributed by atoms with van der Waals surface area (Å²) in [5.74, 6) is 1.01. The second-order valence-corrected chi connectivity index (χ2v) is 8.13. The molecule has 0 bridgehead atoms. The molecule has 0 aliphatic heterocycles. The first-order chi connectivity index (χ1) is 12.6. The normalized spacial score (nSPS) is 24.2. The molecular formula is C21H33N3O2. The summed E-state index contributed by atoms with van der Waals surface area (Å²) < 4.78 is 5.96. The topological polar surface area (TPSA) is 64.1 Å². The predicted molar refractivity (Wildman–Crippen MR) is 102 cm³/mol. The molecule has 2 aliphatic rings. The molecule has 5 heteroatoms. The summed E-state index contributed by atoms with van der Waals surface area (Å²) in [7, 11) is 0. The van der Waals surface area contributed by atoms with Crippen LogP contribution in [-0.4, -0.2) is 28.0 Å². The monoisotopic (exact) mass is 359 g/mol. The van der Waals surface area contributed by atoms with Crippen molar-refractivity contribution in [1.82, 2.24) is 15.3 Å². The zero-order valence-electron chi connectivity index (χ0n) is 16.3. The van der Waals surface area contributed by atoms with Gasteiger partial charge in [-0.2, -0.15) is 0 Å². The van der Waals surface area contributed by atoms with Crippen LogP contribution in [-0.2, 0) is 4.79 Å². The number of aryl methyl sites for hydroxylation is 2. The molecule has 0 saturated heterocycles. The summed E-state index contributed by atoms with van der Waals surface area (Å²) in [5.41, 5.74) is 1.87. The van der Waals surface area contributed by atoms with E-state index in [-0.39, 0.29) is 12.0 Å². The number of ether oxygens (including phenoxy) is 1. The van der Waals surface area contributed by atoms with Crippen molar-refractivity contribution >= 4 is 5.91 Å². The molecular weight excluding hydrogens is 326 g/mol. The predicted octanol–water partition coefficient (Wildman–Crippen LogP) is 4.26. The molecule has 1 heterocycles. The maximum absolute atomic E-state index is 12.2. The van der Waals surface area contributed by atoms with E-state index in [1.807, 2.05) is 19.9 Å². The van der Waals surface area contributed by atoms with Gasteiger partial charge in [0.2, 0.25) is 5.91 Å². The molecule has 0 unspecified atom stereocenters. The van der Waals surface area contributed by atoms with Crippen molar-refractivity contribution in [3.05, 3.63) is 17.5 Å². The highest BCUT2D eigenvalue weighted by molar-refractivity contribution is 5.76. The largest absolute Gasteiger partial charge is 0.460 e. The highest BCUT2D eigenvalue weighted by Gasteiger charge is 2.24. The molecule has 2 saturated carbocycles. The Morgan fingerprint density at radius 3 is 2.35 bits per heavy atom. The van der Waals surface area contributed by atoms with Crippen molar-refractivity contribution in [2.75, 3.05) is 0 Å². The molecule has 1 N–H and O–H groups in total. The lowest BCUT2D eigenvalue weighted by molar-refractivity contribution is -0.122. The summed E-state index contributed by atoms with van der Waals surface area (Å²) in [6, 6.07) is 2.74. The Balaban J connectivity index is 1.35. The Morgan fingerprint density at radius 1 is 1.04 bits per heavy atom. The van der Waals surface area contributed by atoms with E-state index in [2.05, 4.69) is 15.3 Å². The zero-order valence-corrected chi connectivity index (χ0v) is 16.3. The van der Waals surface area contributed by atoms with Gasteiger partial charge in [0.15, 0.2) is 0 Å². The molecule has 26 heavy (non-hydrogen) atoms.